The maximum absolute atomic E-state index is 12.1. The largest absolute Gasteiger partial charge is 0.322 e. The van der Waals surface area contributed by atoms with Crippen LogP contribution in [0.15, 0.2) is 36.4 Å². The number of amides is 1. The standard InChI is InChI=1S/C16H20N2OS.ClH/c1-3-13-5-7-14(8-6-13)18(16(19)10-17)11-15-9-4-12(2)20-15;/h4-9H,3,10-11,17H2,1-2H3;1H. The molecule has 1 heterocycles. The van der Waals surface area contributed by atoms with Gasteiger partial charge in [0.05, 0.1) is 13.1 Å². The maximum atomic E-state index is 12.1. The predicted octanol–water partition coefficient (Wildman–Crippen LogP) is 3.53. The van der Waals surface area contributed by atoms with E-state index in [1.54, 1.807) is 16.2 Å². The maximum Gasteiger partial charge on any atom is 0.241 e. The first kappa shape index (κ1) is 17.7. The van der Waals surface area contributed by atoms with Gasteiger partial charge in [0.15, 0.2) is 0 Å². The van der Waals surface area contributed by atoms with E-state index in [0.29, 0.717) is 6.54 Å². The van der Waals surface area contributed by atoms with Crippen molar-refractivity contribution in [2.45, 2.75) is 26.8 Å². The van der Waals surface area contributed by atoms with Gasteiger partial charge in [-0.1, -0.05) is 19.1 Å². The van der Waals surface area contributed by atoms with Gasteiger partial charge in [0, 0.05) is 15.4 Å². The molecule has 0 saturated heterocycles. The van der Waals surface area contributed by atoms with Gasteiger partial charge < -0.3 is 10.6 Å². The van der Waals surface area contributed by atoms with Crippen LogP contribution in [0.4, 0.5) is 5.69 Å². The van der Waals surface area contributed by atoms with Crippen molar-refractivity contribution in [3.05, 3.63) is 51.7 Å². The molecule has 3 nitrogen and oxygen atoms in total. The van der Waals surface area contributed by atoms with Crippen molar-refractivity contribution in [2.24, 2.45) is 5.73 Å². The first-order chi connectivity index (χ1) is 9.63. The molecule has 0 aliphatic rings. The van der Waals surface area contributed by atoms with Gasteiger partial charge in [-0.05, 0) is 43.2 Å². The summed E-state index contributed by atoms with van der Waals surface area (Å²) in [4.78, 5) is 16.3. The van der Waals surface area contributed by atoms with E-state index >= 15 is 0 Å². The SMILES string of the molecule is CCc1ccc(N(Cc2ccc(C)s2)C(=O)CN)cc1.Cl. The number of thiophene rings is 1. The highest BCUT2D eigenvalue weighted by molar-refractivity contribution is 7.11. The zero-order chi connectivity index (χ0) is 14.5. The fourth-order valence-corrected chi connectivity index (χ4v) is 2.95. The molecule has 21 heavy (non-hydrogen) atoms. The number of carbonyl (C=O) groups excluding carboxylic acids is 1. The number of carbonyl (C=O) groups is 1. The summed E-state index contributed by atoms with van der Waals surface area (Å²) in [5, 5.41) is 0. The van der Waals surface area contributed by atoms with Gasteiger partial charge in [-0.3, -0.25) is 4.79 Å². The Balaban J connectivity index is 0.00000220. The van der Waals surface area contributed by atoms with Crippen LogP contribution in [0.3, 0.4) is 0 Å². The Morgan fingerprint density at radius 2 is 1.86 bits per heavy atom. The molecule has 2 aromatic rings. The van der Waals surface area contributed by atoms with E-state index in [0.717, 1.165) is 12.1 Å². The third-order valence-electron chi connectivity index (χ3n) is 3.24. The van der Waals surface area contributed by atoms with Crippen LogP contribution in [0, 0.1) is 6.92 Å². The molecule has 0 fully saturated rings. The monoisotopic (exact) mass is 324 g/mol. The summed E-state index contributed by atoms with van der Waals surface area (Å²) in [6.45, 7) is 4.80. The molecule has 0 unspecified atom stereocenters. The lowest BCUT2D eigenvalue weighted by Crippen LogP contribution is -2.35. The third-order valence-corrected chi connectivity index (χ3v) is 4.23. The van der Waals surface area contributed by atoms with Crippen molar-refractivity contribution in [1.82, 2.24) is 0 Å². The Labute approximate surface area is 136 Å². The second-order valence-corrected chi connectivity index (χ2v) is 6.09. The molecule has 1 aromatic carbocycles. The predicted molar refractivity (Wildman–Crippen MR) is 92.4 cm³/mol. The lowest BCUT2D eigenvalue weighted by Gasteiger charge is -2.22. The van der Waals surface area contributed by atoms with Crippen LogP contribution in [0.1, 0.15) is 22.2 Å². The van der Waals surface area contributed by atoms with Crippen molar-refractivity contribution >= 4 is 35.3 Å². The minimum Gasteiger partial charge on any atom is -0.322 e. The Bertz CT molecular complexity index is 580. The number of aryl methyl sites for hydroxylation is 2. The van der Waals surface area contributed by atoms with Crippen LogP contribution in [0.25, 0.3) is 0 Å². The summed E-state index contributed by atoms with van der Waals surface area (Å²) >= 11 is 1.71. The van der Waals surface area contributed by atoms with Gasteiger partial charge in [-0.2, -0.15) is 0 Å². The molecular formula is C16H21ClN2OS. The van der Waals surface area contributed by atoms with Crippen LogP contribution in [0.2, 0.25) is 0 Å². The van der Waals surface area contributed by atoms with E-state index in [-0.39, 0.29) is 24.9 Å². The second kappa shape index (κ2) is 8.17. The number of benzene rings is 1. The van der Waals surface area contributed by atoms with Crippen molar-refractivity contribution in [1.29, 1.82) is 0 Å². The van der Waals surface area contributed by atoms with Gasteiger partial charge in [-0.15, -0.1) is 23.7 Å². The summed E-state index contributed by atoms with van der Waals surface area (Å²) in [5.41, 5.74) is 7.71. The van der Waals surface area contributed by atoms with Crippen LogP contribution in [-0.2, 0) is 17.8 Å². The van der Waals surface area contributed by atoms with E-state index in [1.807, 2.05) is 12.1 Å². The van der Waals surface area contributed by atoms with E-state index in [4.69, 9.17) is 5.73 Å². The molecule has 0 bridgehead atoms. The molecule has 0 spiro atoms. The topological polar surface area (TPSA) is 46.3 Å². The summed E-state index contributed by atoms with van der Waals surface area (Å²) in [6.07, 6.45) is 0.995. The quantitative estimate of drug-likeness (QED) is 0.914. The zero-order valence-electron chi connectivity index (χ0n) is 12.3. The minimum atomic E-state index is -0.0553. The number of rotatable bonds is 5. The summed E-state index contributed by atoms with van der Waals surface area (Å²) in [5.74, 6) is -0.0553. The summed E-state index contributed by atoms with van der Waals surface area (Å²) in [7, 11) is 0. The Hall–Kier alpha value is -1.36. The van der Waals surface area contributed by atoms with Crippen molar-refractivity contribution < 1.29 is 4.79 Å². The van der Waals surface area contributed by atoms with E-state index in [9.17, 15) is 4.79 Å². The number of halogens is 1. The smallest absolute Gasteiger partial charge is 0.241 e. The van der Waals surface area contributed by atoms with Gasteiger partial charge in [0.2, 0.25) is 5.91 Å². The van der Waals surface area contributed by atoms with Gasteiger partial charge in [-0.25, -0.2) is 0 Å². The van der Waals surface area contributed by atoms with Crippen molar-refractivity contribution in [2.75, 3.05) is 11.4 Å². The van der Waals surface area contributed by atoms with Crippen LogP contribution in [-0.4, -0.2) is 12.5 Å². The molecule has 0 aliphatic carbocycles. The fraction of sp³-hybridized carbons (Fsp3) is 0.312. The normalized spacial score (nSPS) is 10.0. The molecule has 2 N–H and O–H groups in total. The molecule has 0 saturated carbocycles. The first-order valence-corrected chi connectivity index (χ1v) is 7.60. The molecule has 0 atom stereocenters. The number of hydrogen-bond acceptors (Lipinski definition) is 3. The van der Waals surface area contributed by atoms with Crippen molar-refractivity contribution in [3.63, 3.8) is 0 Å². The lowest BCUT2D eigenvalue weighted by atomic mass is 10.1. The number of anilines is 1. The average Bonchev–Trinajstić information content (AvgIpc) is 2.89. The molecule has 1 aromatic heterocycles. The molecule has 114 valence electrons. The Morgan fingerprint density at radius 1 is 1.19 bits per heavy atom. The number of nitrogens with two attached hydrogens (primary N) is 1. The third kappa shape index (κ3) is 4.56. The van der Waals surface area contributed by atoms with Crippen LogP contribution in [0.5, 0.6) is 0 Å². The molecule has 1 amide bonds. The molecule has 0 radical (unpaired) electrons. The highest BCUT2D eigenvalue weighted by atomic mass is 35.5. The molecule has 5 heteroatoms. The van der Waals surface area contributed by atoms with E-state index < -0.39 is 0 Å². The number of hydrogen-bond donors (Lipinski definition) is 1. The minimum absolute atomic E-state index is 0. The van der Waals surface area contributed by atoms with Gasteiger partial charge in [0.1, 0.15) is 0 Å². The van der Waals surface area contributed by atoms with E-state index in [1.165, 1.54) is 15.3 Å². The van der Waals surface area contributed by atoms with Gasteiger partial charge >= 0.3 is 0 Å². The second-order valence-electron chi connectivity index (χ2n) is 4.72. The molecule has 0 aliphatic heterocycles. The molecule has 2 rings (SSSR count). The van der Waals surface area contributed by atoms with Crippen molar-refractivity contribution in [3.8, 4) is 0 Å². The lowest BCUT2D eigenvalue weighted by molar-refractivity contribution is -0.117. The highest BCUT2D eigenvalue weighted by Crippen LogP contribution is 2.22. The number of nitrogens with zero attached hydrogens (tertiary/aromatic N) is 1. The van der Waals surface area contributed by atoms with Crippen LogP contribution < -0.4 is 10.6 Å². The molecular weight excluding hydrogens is 304 g/mol. The highest BCUT2D eigenvalue weighted by Gasteiger charge is 2.15. The zero-order valence-corrected chi connectivity index (χ0v) is 14.0. The average molecular weight is 325 g/mol. The van der Waals surface area contributed by atoms with E-state index in [2.05, 4.69) is 38.1 Å². The van der Waals surface area contributed by atoms with Gasteiger partial charge in [0.25, 0.3) is 0 Å². The first-order valence-electron chi connectivity index (χ1n) is 6.78. The Kier molecular flexibility index (Phi) is 6.89. The Morgan fingerprint density at radius 3 is 2.33 bits per heavy atom. The van der Waals surface area contributed by atoms with Crippen LogP contribution >= 0.6 is 23.7 Å². The fourth-order valence-electron chi connectivity index (χ4n) is 2.07. The summed E-state index contributed by atoms with van der Waals surface area (Å²) < 4.78 is 0. The summed E-state index contributed by atoms with van der Waals surface area (Å²) in [6, 6.07) is 12.2.